The highest BCUT2D eigenvalue weighted by atomic mass is 15.4. The van der Waals surface area contributed by atoms with E-state index in [1.54, 1.807) is 0 Å². The summed E-state index contributed by atoms with van der Waals surface area (Å²) in [4.78, 5) is 4.59. The second-order valence-electron chi connectivity index (χ2n) is 4.87. The van der Waals surface area contributed by atoms with E-state index in [0.717, 1.165) is 0 Å². The van der Waals surface area contributed by atoms with Crippen molar-refractivity contribution in [3.63, 3.8) is 0 Å². The molecule has 2 aromatic rings. The van der Waals surface area contributed by atoms with E-state index in [2.05, 4.69) is 84.6 Å². The minimum Gasteiger partial charge on any atom is -0.326 e. The second kappa shape index (κ2) is 9.73. The minimum atomic E-state index is 0.295. The summed E-state index contributed by atoms with van der Waals surface area (Å²) < 4.78 is 0. The Labute approximate surface area is 142 Å². The second-order valence-corrected chi connectivity index (χ2v) is 4.87. The minimum absolute atomic E-state index is 0.295. The smallest absolute Gasteiger partial charge is 0.107 e. The summed E-state index contributed by atoms with van der Waals surface area (Å²) in [5, 5.41) is 0. The fraction of sp³-hybridized carbons (Fsp3) is 0.333. The summed E-state index contributed by atoms with van der Waals surface area (Å²) in [7, 11) is 0. The van der Waals surface area contributed by atoms with Gasteiger partial charge in [0.15, 0.2) is 0 Å². The van der Waals surface area contributed by atoms with Crippen LogP contribution in [0, 0.1) is 6.92 Å². The summed E-state index contributed by atoms with van der Waals surface area (Å²) >= 11 is 0. The van der Waals surface area contributed by atoms with Crippen molar-refractivity contribution in [1.82, 2.24) is 0 Å². The molecule has 0 aliphatic carbocycles. The topological polar surface area (TPSA) is 6.48 Å². The molecule has 0 bridgehead atoms. The predicted octanol–water partition coefficient (Wildman–Crippen LogP) is 6.19. The molecule has 0 saturated heterocycles. The average molecular weight is 310 g/mol. The fourth-order valence-electron chi connectivity index (χ4n) is 2.56. The van der Waals surface area contributed by atoms with E-state index in [1.807, 2.05) is 33.8 Å². The third kappa shape index (κ3) is 4.38. The van der Waals surface area contributed by atoms with Crippen LogP contribution in [0.3, 0.4) is 0 Å². The van der Waals surface area contributed by atoms with Gasteiger partial charge in [0, 0.05) is 23.8 Å². The third-order valence-corrected chi connectivity index (χ3v) is 3.64. The molecular weight excluding hydrogens is 280 g/mol. The average Bonchev–Trinajstić information content (AvgIpc) is 3.01. The van der Waals surface area contributed by atoms with Crippen LogP contribution in [0.5, 0.6) is 0 Å². The summed E-state index contributed by atoms with van der Waals surface area (Å²) in [6, 6.07) is 19.0. The molecule has 0 saturated carbocycles. The van der Waals surface area contributed by atoms with E-state index in [4.69, 9.17) is 0 Å². The van der Waals surface area contributed by atoms with Crippen LogP contribution in [0.2, 0.25) is 0 Å². The maximum Gasteiger partial charge on any atom is 0.107 e. The zero-order valence-electron chi connectivity index (χ0n) is 15.3. The third-order valence-electron chi connectivity index (χ3n) is 3.64. The van der Waals surface area contributed by atoms with E-state index in [-0.39, 0.29) is 0 Å². The Morgan fingerprint density at radius 2 is 1.22 bits per heavy atom. The summed E-state index contributed by atoms with van der Waals surface area (Å²) in [5.41, 5.74) is 3.79. The first-order valence-electron chi connectivity index (χ1n) is 8.63. The number of anilines is 2. The molecule has 1 heterocycles. The van der Waals surface area contributed by atoms with Crippen LogP contribution in [-0.2, 0) is 0 Å². The first-order chi connectivity index (χ1) is 11.3. The van der Waals surface area contributed by atoms with Gasteiger partial charge in [-0.05, 0) is 37.6 Å². The Bertz CT molecular complexity index is 590. The molecule has 0 radical (unpaired) electrons. The van der Waals surface area contributed by atoms with E-state index in [0.29, 0.717) is 6.17 Å². The Hall–Kier alpha value is -2.22. The standard InChI is InChI=1S/C17H18N2.2C2H6/c1-14-8-6-7-11-17(14)19-13-12-18(15(19)2)16-9-4-3-5-10-16;2*1-2/h3-13,15H,1-2H3;2*1-2H3. The van der Waals surface area contributed by atoms with Crippen LogP contribution in [0.15, 0.2) is 67.0 Å². The number of benzene rings is 2. The lowest BCUT2D eigenvalue weighted by Gasteiger charge is -2.30. The first kappa shape index (κ1) is 18.8. The normalized spacial score (nSPS) is 15.5. The number of aryl methyl sites for hydroxylation is 1. The number of hydrogen-bond donors (Lipinski definition) is 0. The maximum atomic E-state index is 2.31. The molecule has 2 nitrogen and oxygen atoms in total. The lowest BCUT2D eigenvalue weighted by Crippen LogP contribution is -2.36. The Morgan fingerprint density at radius 3 is 1.83 bits per heavy atom. The zero-order chi connectivity index (χ0) is 17.2. The van der Waals surface area contributed by atoms with Crippen molar-refractivity contribution in [1.29, 1.82) is 0 Å². The highest BCUT2D eigenvalue weighted by Gasteiger charge is 2.24. The van der Waals surface area contributed by atoms with Gasteiger partial charge < -0.3 is 9.80 Å². The van der Waals surface area contributed by atoms with Gasteiger partial charge in [0.2, 0.25) is 0 Å². The van der Waals surface area contributed by atoms with Crippen LogP contribution >= 0.6 is 0 Å². The van der Waals surface area contributed by atoms with Crippen molar-refractivity contribution in [2.75, 3.05) is 9.80 Å². The summed E-state index contributed by atoms with van der Waals surface area (Å²) in [6.07, 6.45) is 4.59. The van der Waals surface area contributed by atoms with Crippen LogP contribution in [0.4, 0.5) is 11.4 Å². The molecule has 0 spiro atoms. The van der Waals surface area contributed by atoms with Crippen LogP contribution in [-0.4, -0.2) is 6.17 Å². The molecule has 0 N–H and O–H groups in total. The molecule has 1 aliphatic rings. The van der Waals surface area contributed by atoms with Gasteiger partial charge in [-0.15, -0.1) is 0 Å². The number of hydrogen-bond acceptors (Lipinski definition) is 2. The SMILES string of the molecule is CC.CC.Cc1ccccc1N1C=CN(c2ccccc2)C1C. The van der Waals surface area contributed by atoms with Crippen molar-refractivity contribution in [3.8, 4) is 0 Å². The maximum absolute atomic E-state index is 2.31. The van der Waals surface area contributed by atoms with Gasteiger partial charge in [-0.2, -0.15) is 0 Å². The molecule has 2 aromatic carbocycles. The lowest BCUT2D eigenvalue weighted by molar-refractivity contribution is 0.748. The monoisotopic (exact) mass is 310 g/mol. The van der Waals surface area contributed by atoms with Crippen LogP contribution < -0.4 is 9.80 Å². The van der Waals surface area contributed by atoms with Gasteiger partial charge in [0.1, 0.15) is 6.17 Å². The van der Waals surface area contributed by atoms with Gasteiger partial charge in [0.25, 0.3) is 0 Å². The van der Waals surface area contributed by atoms with Gasteiger partial charge in [-0.1, -0.05) is 64.1 Å². The van der Waals surface area contributed by atoms with Gasteiger partial charge in [0.05, 0.1) is 0 Å². The quantitative estimate of drug-likeness (QED) is 0.652. The Morgan fingerprint density at radius 1 is 0.696 bits per heavy atom. The van der Waals surface area contributed by atoms with Gasteiger partial charge in [-0.25, -0.2) is 0 Å². The van der Waals surface area contributed by atoms with Crippen molar-refractivity contribution in [2.45, 2.75) is 47.7 Å². The van der Waals surface area contributed by atoms with Crippen LogP contribution in [0.25, 0.3) is 0 Å². The van der Waals surface area contributed by atoms with Crippen molar-refractivity contribution >= 4 is 11.4 Å². The molecule has 2 heteroatoms. The molecule has 1 aliphatic heterocycles. The summed E-state index contributed by atoms with van der Waals surface area (Å²) in [6.45, 7) is 12.4. The van der Waals surface area contributed by atoms with Gasteiger partial charge in [-0.3, -0.25) is 0 Å². The molecule has 0 fully saturated rings. The largest absolute Gasteiger partial charge is 0.326 e. The fourth-order valence-corrected chi connectivity index (χ4v) is 2.56. The molecule has 0 amide bonds. The van der Waals surface area contributed by atoms with Gasteiger partial charge >= 0.3 is 0 Å². The number of rotatable bonds is 2. The molecule has 124 valence electrons. The summed E-state index contributed by atoms with van der Waals surface area (Å²) in [5.74, 6) is 0. The van der Waals surface area contributed by atoms with Crippen molar-refractivity contribution in [3.05, 3.63) is 72.6 Å². The van der Waals surface area contributed by atoms with E-state index in [1.165, 1.54) is 16.9 Å². The Kier molecular flexibility index (Phi) is 7.96. The number of para-hydroxylation sites is 2. The zero-order valence-corrected chi connectivity index (χ0v) is 15.3. The Balaban J connectivity index is 0.000000615. The predicted molar refractivity (Wildman–Crippen MR) is 104 cm³/mol. The lowest BCUT2D eigenvalue weighted by atomic mass is 10.2. The van der Waals surface area contributed by atoms with Crippen molar-refractivity contribution in [2.24, 2.45) is 0 Å². The van der Waals surface area contributed by atoms with E-state index >= 15 is 0 Å². The van der Waals surface area contributed by atoms with E-state index < -0.39 is 0 Å². The molecule has 0 aromatic heterocycles. The van der Waals surface area contributed by atoms with Crippen molar-refractivity contribution < 1.29 is 0 Å². The molecule has 23 heavy (non-hydrogen) atoms. The molecular formula is C21H30N2. The molecule has 1 unspecified atom stereocenters. The van der Waals surface area contributed by atoms with E-state index in [9.17, 15) is 0 Å². The number of nitrogens with zero attached hydrogens (tertiary/aromatic N) is 2. The highest BCUT2D eigenvalue weighted by Crippen LogP contribution is 2.30. The first-order valence-corrected chi connectivity index (χ1v) is 8.63. The molecule has 3 rings (SSSR count). The van der Waals surface area contributed by atoms with Crippen LogP contribution in [0.1, 0.15) is 40.2 Å². The highest BCUT2D eigenvalue weighted by molar-refractivity contribution is 5.63. The molecule has 1 atom stereocenters.